The van der Waals surface area contributed by atoms with Gasteiger partial charge >= 0.3 is 0 Å². The normalized spacial score (nSPS) is 19.6. The van der Waals surface area contributed by atoms with Gasteiger partial charge in [0.25, 0.3) is 0 Å². The summed E-state index contributed by atoms with van der Waals surface area (Å²) in [5.74, 6) is 0. The molecular formula is C16H20. The van der Waals surface area contributed by atoms with Crippen LogP contribution in [0.1, 0.15) is 31.4 Å². The van der Waals surface area contributed by atoms with Crippen molar-refractivity contribution in [1.82, 2.24) is 0 Å². The highest BCUT2D eigenvalue weighted by molar-refractivity contribution is 5.54. The lowest BCUT2D eigenvalue weighted by Crippen LogP contribution is -1.86. The molecule has 0 fully saturated rings. The van der Waals surface area contributed by atoms with Crippen molar-refractivity contribution in [2.24, 2.45) is 0 Å². The summed E-state index contributed by atoms with van der Waals surface area (Å²) in [6, 6.07) is 8.55. The van der Waals surface area contributed by atoms with E-state index in [0.29, 0.717) is 0 Å². The fourth-order valence-electron chi connectivity index (χ4n) is 1.59. The number of benzene rings is 1. The monoisotopic (exact) mass is 212 g/mol. The molecule has 1 aliphatic carbocycles. The molecule has 0 atom stereocenters. The highest BCUT2D eigenvalue weighted by atomic mass is 14.0. The summed E-state index contributed by atoms with van der Waals surface area (Å²) in [5.41, 5.74) is 2.74. The van der Waals surface area contributed by atoms with Gasteiger partial charge in [-0.3, -0.25) is 0 Å². The molecule has 0 bridgehead atoms. The number of rotatable bonds is 0. The molecule has 0 radical (unpaired) electrons. The molecule has 0 saturated heterocycles. The van der Waals surface area contributed by atoms with E-state index < -0.39 is 0 Å². The molecule has 0 amide bonds. The Morgan fingerprint density at radius 3 is 2.50 bits per heavy atom. The molecule has 0 spiro atoms. The first-order chi connectivity index (χ1) is 7.97. The van der Waals surface area contributed by atoms with Crippen molar-refractivity contribution in [2.75, 3.05) is 0 Å². The summed E-state index contributed by atoms with van der Waals surface area (Å²) in [5, 5.41) is 0. The maximum absolute atomic E-state index is 2.21. The molecule has 0 aliphatic heterocycles. The summed E-state index contributed by atoms with van der Waals surface area (Å²) in [6.07, 6.45) is 15.0. The molecule has 0 aromatic heterocycles. The Morgan fingerprint density at radius 2 is 1.62 bits per heavy atom. The molecule has 0 heteroatoms. The average Bonchev–Trinajstić information content (AvgIpc) is 2.38. The van der Waals surface area contributed by atoms with E-state index in [-0.39, 0.29) is 0 Å². The van der Waals surface area contributed by atoms with Crippen LogP contribution in [0.4, 0.5) is 0 Å². The quantitative estimate of drug-likeness (QED) is 0.580. The van der Waals surface area contributed by atoms with Crippen molar-refractivity contribution in [3.05, 3.63) is 65.8 Å². The van der Waals surface area contributed by atoms with Crippen LogP contribution in [0.15, 0.2) is 54.6 Å². The summed E-state index contributed by atoms with van der Waals surface area (Å²) >= 11 is 0. The highest BCUT2D eigenvalue weighted by Crippen LogP contribution is 2.13. The summed E-state index contributed by atoms with van der Waals surface area (Å²) in [4.78, 5) is 0. The Balaban J connectivity index is 0.000000606. The van der Waals surface area contributed by atoms with Crippen molar-refractivity contribution in [3.8, 4) is 0 Å². The second kappa shape index (κ2) is 7.70. The van der Waals surface area contributed by atoms with Crippen LogP contribution in [-0.4, -0.2) is 0 Å². The van der Waals surface area contributed by atoms with Gasteiger partial charge in [0.2, 0.25) is 0 Å². The van der Waals surface area contributed by atoms with Crippen LogP contribution in [0.5, 0.6) is 0 Å². The minimum Gasteiger partial charge on any atom is -0.0807 e. The highest BCUT2D eigenvalue weighted by Gasteiger charge is 1.95. The molecule has 0 heterocycles. The number of fused-ring (bicyclic) bond motifs is 1. The molecule has 1 aromatic carbocycles. The van der Waals surface area contributed by atoms with Crippen LogP contribution >= 0.6 is 0 Å². The second-order valence-corrected chi connectivity index (χ2v) is 3.40. The van der Waals surface area contributed by atoms with Gasteiger partial charge in [-0.1, -0.05) is 74.6 Å². The molecule has 1 aliphatic rings. The van der Waals surface area contributed by atoms with Gasteiger partial charge in [0.05, 0.1) is 0 Å². The van der Waals surface area contributed by atoms with Crippen molar-refractivity contribution < 1.29 is 0 Å². The maximum atomic E-state index is 2.21. The topological polar surface area (TPSA) is 0 Å². The maximum Gasteiger partial charge on any atom is -0.00884 e. The molecule has 16 heavy (non-hydrogen) atoms. The number of hydrogen-bond acceptors (Lipinski definition) is 0. The smallest absolute Gasteiger partial charge is 0.00884 e. The minimum absolute atomic E-state index is 1.01. The SMILES string of the molecule is C1=C\C/C=C\c2ccccc2C\C=C/1.CC. The van der Waals surface area contributed by atoms with Crippen LogP contribution in [0.2, 0.25) is 0 Å². The summed E-state index contributed by atoms with van der Waals surface area (Å²) < 4.78 is 0. The molecule has 2 rings (SSSR count). The Labute approximate surface area is 99.0 Å². The third kappa shape index (κ3) is 3.90. The molecular weight excluding hydrogens is 192 g/mol. The van der Waals surface area contributed by atoms with Crippen molar-refractivity contribution >= 4 is 6.08 Å². The predicted molar refractivity (Wildman–Crippen MR) is 73.4 cm³/mol. The average molecular weight is 212 g/mol. The van der Waals surface area contributed by atoms with Crippen molar-refractivity contribution in [3.63, 3.8) is 0 Å². The van der Waals surface area contributed by atoms with Crippen molar-refractivity contribution in [2.45, 2.75) is 26.7 Å². The molecule has 1 aromatic rings. The largest absolute Gasteiger partial charge is 0.0807 e. The Kier molecular flexibility index (Phi) is 6.02. The van der Waals surface area contributed by atoms with E-state index in [4.69, 9.17) is 0 Å². The Morgan fingerprint density at radius 1 is 0.875 bits per heavy atom. The van der Waals surface area contributed by atoms with Crippen LogP contribution in [0, 0.1) is 0 Å². The van der Waals surface area contributed by atoms with Gasteiger partial charge in [-0.2, -0.15) is 0 Å². The van der Waals surface area contributed by atoms with E-state index in [9.17, 15) is 0 Å². The summed E-state index contributed by atoms with van der Waals surface area (Å²) in [6.45, 7) is 4.00. The first kappa shape index (κ1) is 12.5. The van der Waals surface area contributed by atoms with E-state index >= 15 is 0 Å². The number of hydrogen-bond donors (Lipinski definition) is 0. The van der Waals surface area contributed by atoms with Gasteiger partial charge in [0, 0.05) is 0 Å². The van der Waals surface area contributed by atoms with E-state index in [1.165, 1.54) is 11.1 Å². The van der Waals surface area contributed by atoms with Gasteiger partial charge in [-0.25, -0.2) is 0 Å². The zero-order valence-corrected chi connectivity index (χ0v) is 10.2. The third-order valence-electron chi connectivity index (χ3n) is 2.35. The molecule has 0 N–H and O–H groups in total. The zero-order chi connectivity index (χ0) is 11.6. The standard InChI is InChI=1S/C14H14.C2H6/c1-2-4-6-10-14-12-8-7-11-13(14)9-5-3-1;1-2/h1-3,5-8,10-12H,4,9H2;1-2H3/b2-1-,5-3-,10-6-;. The zero-order valence-electron chi connectivity index (χ0n) is 10.2. The van der Waals surface area contributed by atoms with E-state index in [1.54, 1.807) is 0 Å². The first-order valence-electron chi connectivity index (χ1n) is 6.03. The minimum atomic E-state index is 1.01. The van der Waals surface area contributed by atoms with Gasteiger partial charge < -0.3 is 0 Å². The lowest BCUT2D eigenvalue weighted by Gasteiger charge is -2.02. The second-order valence-electron chi connectivity index (χ2n) is 3.40. The lowest BCUT2D eigenvalue weighted by atomic mass is 10.0. The van der Waals surface area contributed by atoms with Gasteiger partial charge in [-0.05, 0) is 24.0 Å². The van der Waals surface area contributed by atoms with Crippen LogP contribution in [0.25, 0.3) is 6.08 Å². The van der Waals surface area contributed by atoms with Gasteiger partial charge in [0.1, 0.15) is 0 Å². The Hall–Kier alpha value is -1.56. The fraction of sp³-hybridized carbons (Fsp3) is 0.250. The molecule has 0 nitrogen and oxygen atoms in total. The van der Waals surface area contributed by atoms with Crippen LogP contribution in [0.3, 0.4) is 0 Å². The first-order valence-corrected chi connectivity index (χ1v) is 6.03. The van der Waals surface area contributed by atoms with Gasteiger partial charge in [0.15, 0.2) is 0 Å². The number of allylic oxidation sites excluding steroid dienone is 5. The summed E-state index contributed by atoms with van der Waals surface area (Å²) in [7, 11) is 0. The Bertz CT molecular complexity index is 381. The van der Waals surface area contributed by atoms with Crippen LogP contribution < -0.4 is 0 Å². The molecule has 84 valence electrons. The van der Waals surface area contributed by atoms with Gasteiger partial charge in [-0.15, -0.1) is 0 Å². The fourth-order valence-corrected chi connectivity index (χ4v) is 1.59. The third-order valence-corrected chi connectivity index (χ3v) is 2.35. The lowest BCUT2D eigenvalue weighted by molar-refractivity contribution is 1.25. The molecule has 0 saturated carbocycles. The van der Waals surface area contributed by atoms with Crippen LogP contribution in [-0.2, 0) is 6.42 Å². The van der Waals surface area contributed by atoms with Crippen molar-refractivity contribution in [1.29, 1.82) is 0 Å². The van der Waals surface area contributed by atoms with E-state index in [0.717, 1.165) is 12.8 Å². The predicted octanol–water partition coefficient (Wildman–Crippen LogP) is 4.78. The van der Waals surface area contributed by atoms with E-state index in [2.05, 4.69) is 60.7 Å². The van der Waals surface area contributed by atoms with E-state index in [1.807, 2.05) is 13.8 Å². The molecule has 0 unspecified atom stereocenters.